The van der Waals surface area contributed by atoms with Gasteiger partial charge in [-0.05, 0) is 61.8 Å². The van der Waals surface area contributed by atoms with Crippen LogP contribution in [-0.4, -0.2) is 78.6 Å². The molecule has 1 aromatic rings. The summed E-state index contributed by atoms with van der Waals surface area (Å²) in [7, 11) is 3.87. The predicted octanol–water partition coefficient (Wildman–Crippen LogP) is 3.25. The number of nitrogens with zero attached hydrogens (tertiary/aromatic N) is 3. The number of anilines is 1. The maximum absolute atomic E-state index is 13.7. The molecule has 8 heteroatoms. The van der Waals surface area contributed by atoms with Crippen molar-refractivity contribution in [3.05, 3.63) is 29.8 Å². The number of Topliss-reactive ketones (excluding diaryl/α,β-unsaturated/α-hetero) is 1. The van der Waals surface area contributed by atoms with Gasteiger partial charge in [0, 0.05) is 38.3 Å². The number of amides is 3. The van der Waals surface area contributed by atoms with Crippen LogP contribution in [0.3, 0.4) is 0 Å². The lowest BCUT2D eigenvalue weighted by Crippen LogP contribution is -2.53. The summed E-state index contributed by atoms with van der Waals surface area (Å²) in [6.07, 6.45) is 7.34. The molecule has 0 radical (unpaired) electrons. The Hall–Kier alpha value is -2.90. The Morgan fingerprint density at radius 3 is 2.30 bits per heavy atom. The van der Waals surface area contributed by atoms with Crippen molar-refractivity contribution in [1.82, 2.24) is 15.1 Å². The van der Waals surface area contributed by atoms with Gasteiger partial charge in [-0.3, -0.25) is 19.2 Å². The van der Waals surface area contributed by atoms with Crippen LogP contribution in [-0.2, 0) is 14.4 Å². The van der Waals surface area contributed by atoms with E-state index in [1.807, 2.05) is 45.0 Å². The summed E-state index contributed by atoms with van der Waals surface area (Å²) in [5.41, 5.74) is 1.47. The molecule has 0 aromatic heterocycles. The summed E-state index contributed by atoms with van der Waals surface area (Å²) >= 11 is 0. The molecule has 2 saturated heterocycles. The molecule has 0 spiro atoms. The van der Waals surface area contributed by atoms with Crippen LogP contribution in [0.5, 0.6) is 0 Å². The number of rotatable bonds is 8. The molecule has 1 aromatic carbocycles. The highest BCUT2D eigenvalue weighted by Gasteiger charge is 2.52. The highest BCUT2D eigenvalue weighted by atomic mass is 16.2. The zero-order valence-electron chi connectivity index (χ0n) is 22.7. The molecule has 1 aliphatic carbocycles. The van der Waals surface area contributed by atoms with Crippen LogP contribution in [0.25, 0.3) is 0 Å². The summed E-state index contributed by atoms with van der Waals surface area (Å²) in [6.45, 7) is 4.54. The first-order chi connectivity index (χ1) is 17.7. The molecule has 3 fully saturated rings. The van der Waals surface area contributed by atoms with Gasteiger partial charge in [-0.1, -0.05) is 33.1 Å². The van der Waals surface area contributed by atoms with E-state index in [0.29, 0.717) is 37.3 Å². The topological polar surface area (TPSA) is 90.0 Å². The fourth-order valence-electron chi connectivity index (χ4n) is 6.19. The second-order valence-electron chi connectivity index (χ2n) is 11.6. The van der Waals surface area contributed by atoms with E-state index in [2.05, 4.69) is 5.32 Å². The molecule has 2 heterocycles. The van der Waals surface area contributed by atoms with Crippen LogP contribution in [0, 0.1) is 11.8 Å². The normalized spacial score (nSPS) is 22.8. The fraction of sp³-hybridized carbons (Fsp3) is 0.655. The lowest BCUT2D eigenvalue weighted by Gasteiger charge is -2.29. The number of likely N-dealkylation sites (tertiary alicyclic amines) is 2. The first kappa shape index (κ1) is 27.1. The zero-order chi connectivity index (χ0) is 26.7. The maximum atomic E-state index is 13.7. The zero-order valence-corrected chi connectivity index (χ0v) is 22.7. The standard InChI is InChI=1S/C29H42N4O4/c1-19(2)16-23(30-28(36)21-10-12-22(13-11-21)31(3)4)29(37)32-15-14-24-27(32)25(34)18-33(24)26(35)17-20-8-6-5-7-9-20/h10-13,19-20,23-24,27H,5-9,14-18H2,1-4H3,(H,30,36)/t23-,24?,27-/m0/s1. The summed E-state index contributed by atoms with van der Waals surface area (Å²) in [6, 6.07) is 5.67. The molecule has 1 unspecified atom stereocenters. The van der Waals surface area contributed by atoms with Gasteiger partial charge in [-0.2, -0.15) is 0 Å². The number of nitrogens with one attached hydrogen (secondary N) is 1. The summed E-state index contributed by atoms with van der Waals surface area (Å²) in [5, 5.41) is 2.94. The second-order valence-corrected chi connectivity index (χ2v) is 11.6. The molecule has 37 heavy (non-hydrogen) atoms. The van der Waals surface area contributed by atoms with Gasteiger partial charge in [0.05, 0.1) is 12.6 Å². The molecule has 1 saturated carbocycles. The maximum Gasteiger partial charge on any atom is 0.251 e. The van der Waals surface area contributed by atoms with E-state index in [0.717, 1.165) is 18.5 Å². The molecule has 8 nitrogen and oxygen atoms in total. The van der Waals surface area contributed by atoms with E-state index in [4.69, 9.17) is 0 Å². The van der Waals surface area contributed by atoms with Gasteiger partial charge in [0.25, 0.3) is 5.91 Å². The quantitative estimate of drug-likeness (QED) is 0.580. The van der Waals surface area contributed by atoms with Crippen molar-refractivity contribution in [2.24, 2.45) is 11.8 Å². The predicted molar refractivity (Wildman–Crippen MR) is 143 cm³/mol. The molecule has 3 aliphatic rings. The highest BCUT2D eigenvalue weighted by Crippen LogP contribution is 2.33. The monoisotopic (exact) mass is 510 g/mol. The van der Waals surface area contributed by atoms with Gasteiger partial charge in [0.1, 0.15) is 12.1 Å². The van der Waals surface area contributed by atoms with Crippen LogP contribution in [0.15, 0.2) is 24.3 Å². The number of hydrogen-bond donors (Lipinski definition) is 1. The molecular formula is C29H42N4O4. The lowest BCUT2D eigenvalue weighted by molar-refractivity contribution is -0.138. The highest BCUT2D eigenvalue weighted by molar-refractivity contribution is 6.01. The number of hydrogen-bond acceptors (Lipinski definition) is 5. The number of carbonyl (C=O) groups is 4. The third kappa shape index (κ3) is 6.16. The van der Waals surface area contributed by atoms with Crippen LogP contribution in [0.1, 0.15) is 75.6 Å². The Labute approximate surface area is 220 Å². The van der Waals surface area contributed by atoms with Crippen LogP contribution in [0.2, 0.25) is 0 Å². The first-order valence-electron chi connectivity index (χ1n) is 13.9. The van der Waals surface area contributed by atoms with Crippen LogP contribution < -0.4 is 10.2 Å². The van der Waals surface area contributed by atoms with E-state index in [1.54, 1.807) is 21.9 Å². The number of benzene rings is 1. The Balaban J connectivity index is 1.43. The van der Waals surface area contributed by atoms with E-state index in [9.17, 15) is 19.2 Å². The third-order valence-corrected chi connectivity index (χ3v) is 8.17. The molecule has 202 valence electrons. The minimum absolute atomic E-state index is 0.0512. The molecule has 3 atom stereocenters. The largest absolute Gasteiger partial charge is 0.378 e. The first-order valence-corrected chi connectivity index (χ1v) is 13.9. The lowest BCUT2D eigenvalue weighted by atomic mass is 9.86. The van der Waals surface area contributed by atoms with Gasteiger partial charge >= 0.3 is 0 Å². The molecular weight excluding hydrogens is 468 g/mol. The average Bonchev–Trinajstić information content (AvgIpc) is 3.45. The Kier molecular flexibility index (Phi) is 8.55. The summed E-state index contributed by atoms with van der Waals surface area (Å²) in [4.78, 5) is 58.3. The van der Waals surface area contributed by atoms with Crippen molar-refractivity contribution < 1.29 is 19.2 Å². The summed E-state index contributed by atoms with van der Waals surface area (Å²) in [5.74, 6) is 0.0389. The third-order valence-electron chi connectivity index (χ3n) is 8.17. The molecule has 4 rings (SSSR count). The summed E-state index contributed by atoms with van der Waals surface area (Å²) < 4.78 is 0. The Morgan fingerprint density at radius 2 is 1.68 bits per heavy atom. The van der Waals surface area contributed by atoms with Gasteiger partial charge in [0.15, 0.2) is 5.78 Å². The second kappa shape index (κ2) is 11.7. The van der Waals surface area contributed by atoms with Gasteiger partial charge in [0.2, 0.25) is 11.8 Å². The molecule has 0 bridgehead atoms. The van der Waals surface area contributed by atoms with E-state index < -0.39 is 12.1 Å². The van der Waals surface area contributed by atoms with Crippen LogP contribution >= 0.6 is 0 Å². The Bertz CT molecular complexity index is 1000. The number of carbonyl (C=O) groups excluding carboxylic acids is 4. The molecule has 3 amide bonds. The van der Waals surface area contributed by atoms with Gasteiger partial charge in [-0.25, -0.2) is 0 Å². The molecule has 2 aliphatic heterocycles. The van der Waals surface area contributed by atoms with Gasteiger partial charge < -0.3 is 20.0 Å². The van der Waals surface area contributed by atoms with Crippen molar-refractivity contribution in [3.63, 3.8) is 0 Å². The van der Waals surface area contributed by atoms with Crippen molar-refractivity contribution >= 4 is 29.2 Å². The van der Waals surface area contributed by atoms with Gasteiger partial charge in [-0.15, -0.1) is 0 Å². The Morgan fingerprint density at radius 1 is 1.00 bits per heavy atom. The smallest absolute Gasteiger partial charge is 0.251 e. The molecule has 1 N–H and O–H groups in total. The van der Waals surface area contributed by atoms with Crippen molar-refractivity contribution in [2.45, 2.75) is 83.3 Å². The minimum atomic E-state index is -0.723. The van der Waals surface area contributed by atoms with E-state index in [1.165, 1.54) is 19.3 Å². The van der Waals surface area contributed by atoms with E-state index >= 15 is 0 Å². The SMILES string of the molecule is CC(C)C[C@H](NC(=O)c1ccc(N(C)C)cc1)C(=O)N1CCC2[C@H]1C(=O)CN2C(=O)CC1CCCCC1. The van der Waals surface area contributed by atoms with Crippen molar-refractivity contribution in [1.29, 1.82) is 0 Å². The minimum Gasteiger partial charge on any atom is -0.378 e. The number of ketones is 1. The average molecular weight is 511 g/mol. The van der Waals surface area contributed by atoms with Crippen molar-refractivity contribution in [3.8, 4) is 0 Å². The number of fused-ring (bicyclic) bond motifs is 1. The fourth-order valence-corrected chi connectivity index (χ4v) is 6.19. The van der Waals surface area contributed by atoms with Crippen molar-refractivity contribution in [2.75, 3.05) is 32.1 Å². The van der Waals surface area contributed by atoms with Crippen LogP contribution in [0.4, 0.5) is 5.69 Å². The van der Waals surface area contributed by atoms with E-state index in [-0.39, 0.29) is 42.0 Å².